The lowest BCUT2D eigenvalue weighted by Crippen LogP contribution is -2.56. The van der Waals surface area contributed by atoms with Gasteiger partial charge in [-0.3, -0.25) is 28.8 Å². The Bertz CT molecular complexity index is 1510. The van der Waals surface area contributed by atoms with Crippen molar-refractivity contribution in [3.05, 3.63) is 96.1 Å². The van der Waals surface area contributed by atoms with E-state index in [9.17, 15) is 33.9 Å². The summed E-state index contributed by atoms with van der Waals surface area (Å²) in [6, 6.07) is 13.1. The van der Waals surface area contributed by atoms with Gasteiger partial charge < -0.3 is 35.0 Å². The quantitative estimate of drug-likeness (QED) is 0.187. The Balaban J connectivity index is 1.34. The molecule has 0 spiro atoms. The number of amides is 4. The molecule has 3 unspecified atom stereocenters. The molecule has 3 aliphatic rings. The second kappa shape index (κ2) is 14.1. The molecule has 2 fully saturated rings. The second-order valence-electron chi connectivity index (χ2n) is 10.7. The number of esters is 1. The van der Waals surface area contributed by atoms with E-state index < -0.39 is 79.0 Å². The Morgan fingerprint density at radius 2 is 1.58 bits per heavy atom. The lowest BCUT2D eigenvalue weighted by Gasteiger charge is -2.37. The molecule has 2 aromatic rings. The summed E-state index contributed by atoms with van der Waals surface area (Å²) in [7, 11) is 0. The first-order valence-electron chi connectivity index (χ1n) is 14.4. The van der Waals surface area contributed by atoms with Crippen molar-refractivity contribution in [3.8, 4) is 0 Å². The van der Waals surface area contributed by atoms with Gasteiger partial charge in [-0.25, -0.2) is 0 Å². The highest BCUT2D eigenvalue weighted by atomic mass is 16.7. The Morgan fingerprint density at radius 1 is 0.911 bits per heavy atom. The van der Waals surface area contributed by atoms with Gasteiger partial charge in [-0.05, 0) is 5.56 Å². The maximum absolute atomic E-state index is 14.0. The number of aliphatic hydroxyl groups is 1. The fourth-order valence-corrected chi connectivity index (χ4v) is 5.46. The van der Waals surface area contributed by atoms with Crippen LogP contribution in [0.5, 0.6) is 0 Å². The zero-order valence-corrected chi connectivity index (χ0v) is 24.1. The number of ketones is 1. The first kappa shape index (κ1) is 31.3. The summed E-state index contributed by atoms with van der Waals surface area (Å²) in [5.41, 5.74) is 0.942. The summed E-state index contributed by atoms with van der Waals surface area (Å²) in [6.07, 6.45) is 5.38. The summed E-state index contributed by atoms with van der Waals surface area (Å²) in [6.45, 7) is -1.61. The van der Waals surface area contributed by atoms with Gasteiger partial charge in [0.2, 0.25) is 29.8 Å². The SMILES string of the molecule is O=C(CN1C(=O)[C@@H](NC(=O)C(=O)c2ccccc2)CN(C(=O)CO)C2C=CC=CC21)N[C@H]1CC(=O)OC1OCc1ccccc1. The van der Waals surface area contributed by atoms with Crippen molar-refractivity contribution in [1.82, 2.24) is 20.4 Å². The zero-order valence-electron chi connectivity index (χ0n) is 24.1. The molecule has 13 nitrogen and oxygen atoms in total. The largest absolute Gasteiger partial charge is 0.433 e. The molecule has 234 valence electrons. The number of hydrogen-bond donors (Lipinski definition) is 3. The number of carbonyl (C=O) groups is 6. The molecule has 2 saturated heterocycles. The standard InChI is InChI=1S/C32H32N4O9/c37-18-27(39)35-16-23(34-30(42)29(41)21-11-5-2-6-12-21)31(43)36(25-14-8-7-13-24(25)35)17-26(38)33-22-15-28(40)45-32(22)44-19-20-9-3-1-4-10-20/h1-14,22-25,32,37H,15-19H2,(H,33,38)(H,34,42)/t22-,23-,24?,25?,32?/m0/s1. The predicted octanol–water partition coefficient (Wildman–Crippen LogP) is -0.145. The number of aliphatic hydroxyl groups excluding tert-OH is 1. The van der Waals surface area contributed by atoms with E-state index in [0.717, 1.165) is 5.56 Å². The van der Waals surface area contributed by atoms with Gasteiger partial charge >= 0.3 is 5.97 Å². The van der Waals surface area contributed by atoms with Crippen LogP contribution in [-0.2, 0) is 40.1 Å². The number of nitrogens with one attached hydrogen (secondary N) is 2. The van der Waals surface area contributed by atoms with Crippen LogP contribution in [0.3, 0.4) is 0 Å². The van der Waals surface area contributed by atoms with E-state index in [1.54, 1.807) is 42.5 Å². The molecular formula is C32H32N4O9. The lowest BCUT2D eigenvalue weighted by atomic mass is 10.00. The second-order valence-corrected chi connectivity index (χ2v) is 10.7. The van der Waals surface area contributed by atoms with Crippen LogP contribution in [0.15, 0.2) is 85.0 Å². The third kappa shape index (κ3) is 7.33. The van der Waals surface area contributed by atoms with Gasteiger partial charge in [0.1, 0.15) is 25.2 Å². The Morgan fingerprint density at radius 3 is 2.27 bits per heavy atom. The molecular weight excluding hydrogens is 584 g/mol. The van der Waals surface area contributed by atoms with Crippen molar-refractivity contribution in [2.75, 3.05) is 19.7 Å². The highest BCUT2D eigenvalue weighted by Crippen LogP contribution is 2.24. The van der Waals surface area contributed by atoms with Gasteiger partial charge in [0, 0.05) is 5.56 Å². The number of benzene rings is 2. The minimum atomic E-state index is -1.42. The van der Waals surface area contributed by atoms with Gasteiger partial charge in [0.15, 0.2) is 0 Å². The number of carbonyl (C=O) groups excluding carboxylic acids is 6. The number of nitrogens with zero attached hydrogens (tertiary/aromatic N) is 2. The average molecular weight is 617 g/mol. The van der Waals surface area contributed by atoms with Crippen molar-refractivity contribution >= 4 is 35.4 Å². The van der Waals surface area contributed by atoms with Gasteiger partial charge in [-0.1, -0.05) is 85.0 Å². The van der Waals surface area contributed by atoms with Crippen LogP contribution in [0.25, 0.3) is 0 Å². The molecule has 2 aromatic carbocycles. The molecule has 0 saturated carbocycles. The minimum absolute atomic E-state index is 0.104. The smallest absolute Gasteiger partial charge is 0.310 e. The molecule has 3 N–H and O–H groups in total. The van der Waals surface area contributed by atoms with Gasteiger partial charge in [0.05, 0.1) is 31.7 Å². The Kier molecular flexibility index (Phi) is 9.80. The van der Waals surface area contributed by atoms with Crippen molar-refractivity contribution in [2.45, 2.75) is 43.5 Å². The Labute approximate surface area is 258 Å². The van der Waals surface area contributed by atoms with Crippen LogP contribution >= 0.6 is 0 Å². The van der Waals surface area contributed by atoms with Crippen LogP contribution in [0, 0.1) is 0 Å². The highest BCUT2D eigenvalue weighted by Gasteiger charge is 2.45. The number of ether oxygens (including phenoxy) is 2. The number of fused-ring (bicyclic) bond motifs is 1. The van der Waals surface area contributed by atoms with Crippen molar-refractivity contribution in [1.29, 1.82) is 0 Å². The monoisotopic (exact) mass is 616 g/mol. The topological polar surface area (TPSA) is 172 Å². The number of rotatable bonds is 10. The fourth-order valence-electron chi connectivity index (χ4n) is 5.46. The van der Waals surface area contributed by atoms with E-state index in [1.807, 2.05) is 30.3 Å². The van der Waals surface area contributed by atoms with Crippen LogP contribution < -0.4 is 10.6 Å². The van der Waals surface area contributed by atoms with Crippen molar-refractivity contribution in [3.63, 3.8) is 0 Å². The van der Waals surface area contributed by atoms with E-state index in [-0.39, 0.29) is 25.1 Å². The maximum atomic E-state index is 14.0. The first-order valence-corrected chi connectivity index (χ1v) is 14.4. The van der Waals surface area contributed by atoms with Gasteiger partial charge in [0.25, 0.3) is 5.91 Å². The van der Waals surface area contributed by atoms with Crippen LogP contribution in [0.4, 0.5) is 0 Å². The molecule has 2 aliphatic heterocycles. The molecule has 2 heterocycles. The molecule has 0 bridgehead atoms. The van der Waals surface area contributed by atoms with Crippen molar-refractivity contribution in [2.24, 2.45) is 0 Å². The third-order valence-corrected chi connectivity index (χ3v) is 7.64. The summed E-state index contributed by atoms with van der Waals surface area (Å²) >= 11 is 0. The van der Waals surface area contributed by atoms with E-state index in [1.165, 1.54) is 21.9 Å². The van der Waals surface area contributed by atoms with E-state index in [0.29, 0.717) is 0 Å². The summed E-state index contributed by atoms with van der Waals surface area (Å²) < 4.78 is 11.0. The number of cyclic esters (lactones) is 1. The number of allylic oxidation sites excluding steroid dienone is 2. The molecule has 5 rings (SSSR count). The summed E-state index contributed by atoms with van der Waals surface area (Å²) in [4.78, 5) is 80.5. The van der Waals surface area contributed by atoms with Crippen LogP contribution in [0.1, 0.15) is 22.3 Å². The van der Waals surface area contributed by atoms with E-state index in [2.05, 4.69) is 10.6 Å². The molecule has 45 heavy (non-hydrogen) atoms. The summed E-state index contributed by atoms with van der Waals surface area (Å²) in [5, 5.41) is 14.8. The zero-order chi connectivity index (χ0) is 31.9. The average Bonchev–Trinajstić information content (AvgIpc) is 3.37. The van der Waals surface area contributed by atoms with Crippen LogP contribution in [0.2, 0.25) is 0 Å². The minimum Gasteiger partial charge on any atom is -0.433 e. The third-order valence-electron chi connectivity index (χ3n) is 7.64. The van der Waals surface area contributed by atoms with Gasteiger partial charge in [-0.15, -0.1) is 0 Å². The molecule has 1 aliphatic carbocycles. The molecule has 13 heteroatoms. The van der Waals surface area contributed by atoms with E-state index >= 15 is 0 Å². The van der Waals surface area contributed by atoms with Crippen LogP contribution in [-0.4, -0.2) is 100 Å². The summed E-state index contributed by atoms with van der Waals surface area (Å²) in [5.74, 6) is -4.60. The van der Waals surface area contributed by atoms with Crippen molar-refractivity contribution < 1.29 is 43.3 Å². The molecule has 0 radical (unpaired) electrons. The first-order chi connectivity index (χ1) is 21.7. The number of hydrogen-bond acceptors (Lipinski definition) is 9. The highest BCUT2D eigenvalue weighted by molar-refractivity contribution is 6.43. The molecule has 0 aromatic heterocycles. The predicted molar refractivity (Wildman–Crippen MR) is 157 cm³/mol. The van der Waals surface area contributed by atoms with E-state index in [4.69, 9.17) is 9.47 Å². The molecule has 5 atom stereocenters. The fraction of sp³-hybridized carbons (Fsp3) is 0.312. The van der Waals surface area contributed by atoms with Gasteiger partial charge in [-0.2, -0.15) is 0 Å². The molecule has 4 amide bonds. The normalized spacial score (nSPS) is 24.0. The Hall–Kier alpha value is -5.14. The maximum Gasteiger partial charge on any atom is 0.310 e. The lowest BCUT2D eigenvalue weighted by molar-refractivity contribution is -0.168. The number of Topliss-reactive ketones (excluding diaryl/α,β-unsaturated/α-hetero) is 1.